The van der Waals surface area contributed by atoms with E-state index in [2.05, 4.69) is 15.1 Å². The van der Waals surface area contributed by atoms with E-state index in [-0.39, 0.29) is 5.91 Å². The molecule has 1 saturated heterocycles. The van der Waals surface area contributed by atoms with E-state index >= 15 is 0 Å². The Kier molecular flexibility index (Phi) is 4.73. The molecule has 0 bridgehead atoms. The molecule has 6 nitrogen and oxygen atoms in total. The molecular weight excluding hydrogens is 328 g/mol. The van der Waals surface area contributed by atoms with Crippen molar-refractivity contribution in [1.29, 1.82) is 0 Å². The highest BCUT2D eigenvalue weighted by Crippen LogP contribution is 2.23. The first-order valence-corrected chi connectivity index (χ1v) is 8.87. The topological polar surface area (TPSA) is 72.1 Å². The van der Waals surface area contributed by atoms with Crippen molar-refractivity contribution in [3.8, 4) is 11.5 Å². The third kappa shape index (κ3) is 3.64. The largest absolute Gasteiger partial charge is 0.338 e. The Morgan fingerprint density at radius 2 is 2.08 bits per heavy atom. The Balaban J connectivity index is 1.31. The molecule has 6 heteroatoms. The SMILES string of the molecule is O=C(c1ccccc1)N1CCC(CCc2noc(-c3cccnc3)n2)C1. The zero-order chi connectivity index (χ0) is 17.8. The molecule has 2 aromatic heterocycles. The summed E-state index contributed by atoms with van der Waals surface area (Å²) in [5.41, 5.74) is 1.58. The van der Waals surface area contributed by atoms with Gasteiger partial charge >= 0.3 is 0 Å². The summed E-state index contributed by atoms with van der Waals surface area (Å²) in [6, 6.07) is 13.2. The molecule has 0 N–H and O–H groups in total. The van der Waals surface area contributed by atoms with Gasteiger partial charge in [-0.05, 0) is 43.0 Å². The predicted octanol–water partition coefficient (Wildman–Crippen LogP) is 3.23. The fraction of sp³-hybridized carbons (Fsp3) is 0.300. The number of nitrogens with zero attached hydrogens (tertiary/aromatic N) is 4. The van der Waals surface area contributed by atoms with Crippen LogP contribution in [0.2, 0.25) is 0 Å². The van der Waals surface area contributed by atoms with E-state index < -0.39 is 0 Å². The van der Waals surface area contributed by atoms with Crippen LogP contribution in [0.3, 0.4) is 0 Å². The van der Waals surface area contributed by atoms with E-state index in [0.29, 0.717) is 17.6 Å². The number of rotatable bonds is 5. The lowest BCUT2D eigenvalue weighted by Crippen LogP contribution is -2.28. The van der Waals surface area contributed by atoms with Crippen molar-refractivity contribution < 1.29 is 9.32 Å². The fourth-order valence-corrected chi connectivity index (χ4v) is 3.31. The number of likely N-dealkylation sites (tertiary alicyclic amines) is 1. The van der Waals surface area contributed by atoms with Gasteiger partial charge in [0.25, 0.3) is 11.8 Å². The second-order valence-corrected chi connectivity index (χ2v) is 6.57. The molecule has 0 aliphatic carbocycles. The lowest BCUT2D eigenvalue weighted by Gasteiger charge is -2.16. The predicted molar refractivity (Wildman–Crippen MR) is 96.3 cm³/mol. The van der Waals surface area contributed by atoms with Crippen molar-refractivity contribution in [2.75, 3.05) is 13.1 Å². The molecule has 4 rings (SSSR count). The maximum absolute atomic E-state index is 12.5. The molecule has 1 fully saturated rings. The number of pyridine rings is 1. The first-order valence-electron chi connectivity index (χ1n) is 8.87. The molecule has 1 aliphatic heterocycles. The molecule has 0 spiro atoms. The normalized spacial score (nSPS) is 16.8. The Morgan fingerprint density at radius 1 is 1.19 bits per heavy atom. The maximum Gasteiger partial charge on any atom is 0.259 e. The van der Waals surface area contributed by atoms with Crippen molar-refractivity contribution in [1.82, 2.24) is 20.0 Å². The summed E-state index contributed by atoms with van der Waals surface area (Å²) >= 11 is 0. The Morgan fingerprint density at radius 3 is 2.88 bits per heavy atom. The van der Waals surface area contributed by atoms with Gasteiger partial charge < -0.3 is 9.42 Å². The summed E-state index contributed by atoms with van der Waals surface area (Å²) in [6.45, 7) is 1.60. The summed E-state index contributed by atoms with van der Waals surface area (Å²) in [7, 11) is 0. The fourth-order valence-electron chi connectivity index (χ4n) is 3.31. The van der Waals surface area contributed by atoms with Crippen LogP contribution in [0.4, 0.5) is 0 Å². The molecule has 1 amide bonds. The van der Waals surface area contributed by atoms with Crippen LogP contribution < -0.4 is 0 Å². The van der Waals surface area contributed by atoms with Gasteiger partial charge in [-0.15, -0.1) is 0 Å². The number of hydrogen-bond donors (Lipinski definition) is 0. The summed E-state index contributed by atoms with van der Waals surface area (Å²) in [6.07, 6.45) is 6.14. The zero-order valence-electron chi connectivity index (χ0n) is 14.4. The zero-order valence-corrected chi connectivity index (χ0v) is 14.4. The van der Waals surface area contributed by atoms with Gasteiger partial charge in [0.1, 0.15) is 0 Å². The second-order valence-electron chi connectivity index (χ2n) is 6.57. The minimum Gasteiger partial charge on any atom is -0.338 e. The van der Waals surface area contributed by atoms with Crippen molar-refractivity contribution in [2.45, 2.75) is 19.3 Å². The number of amides is 1. The molecule has 3 heterocycles. The van der Waals surface area contributed by atoms with E-state index in [1.165, 1.54) is 0 Å². The molecule has 1 atom stereocenters. The van der Waals surface area contributed by atoms with Crippen molar-refractivity contribution in [3.63, 3.8) is 0 Å². The Labute approximate surface area is 151 Å². The van der Waals surface area contributed by atoms with Gasteiger partial charge in [-0.25, -0.2) is 0 Å². The third-order valence-electron chi connectivity index (χ3n) is 4.75. The Hall–Kier alpha value is -3.02. The number of hydrogen-bond acceptors (Lipinski definition) is 5. The average Bonchev–Trinajstić information content (AvgIpc) is 3.37. The van der Waals surface area contributed by atoms with E-state index in [1.54, 1.807) is 12.4 Å². The van der Waals surface area contributed by atoms with Crippen LogP contribution in [0, 0.1) is 5.92 Å². The van der Waals surface area contributed by atoms with Crippen LogP contribution in [-0.2, 0) is 6.42 Å². The van der Waals surface area contributed by atoms with Crippen LogP contribution in [0.25, 0.3) is 11.5 Å². The van der Waals surface area contributed by atoms with Gasteiger partial charge in [-0.2, -0.15) is 4.98 Å². The highest BCUT2D eigenvalue weighted by molar-refractivity contribution is 5.94. The number of benzene rings is 1. The summed E-state index contributed by atoms with van der Waals surface area (Å²) in [5, 5.41) is 4.06. The Bertz CT molecular complexity index is 864. The summed E-state index contributed by atoms with van der Waals surface area (Å²) in [4.78, 5) is 23.0. The number of aromatic nitrogens is 3. The van der Waals surface area contributed by atoms with E-state index in [0.717, 1.165) is 43.5 Å². The lowest BCUT2D eigenvalue weighted by molar-refractivity contribution is 0.0786. The van der Waals surface area contributed by atoms with Gasteiger partial charge in [0.2, 0.25) is 0 Å². The van der Waals surface area contributed by atoms with Crippen molar-refractivity contribution in [2.24, 2.45) is 5.92 Å². The van der Waals surface area contributed by atoms with Crippen LogP contribution >= 0.6 is 0 Å². The van der Waals surface area contributed by atoms with Gasteiger partial charge in [0.15, 0.2) is 5.82 Å². The molecule has 0 saturated carbocycles. The van der Waals surface area contributed by atoms with E-state index in [1.807, 2.05) is 47.4 Å². The average molecular weight is 348 g/mol. The quantitative estimate of drug-likeness (QED) is 0.708. The van der Waals surface area contributed by atoms with E-state index in [9.17, 15) is 4.79 Å². The lowest BCUT2D eigenvalue weighted by atomic mass is 10.0. The third-order valence-corrected chi connectivity index (χ3v) is 4.75. The van der Waals surface area contributed by atoms with Gasteiger partial charge in [0, 0.05) is 37.5 Å². The second kappa shape index (κ2) is 7.47. The highest BCUT2D eigenvalue weighted by Gasteiger charge is 2.27. The molecule has 132 valence electrons. The number of aryl methyl sites for hydroxylation is 1. The monoisotopic (exact) mass is 348 g/mol. The minimum absolute atomic E-state index is 0.117. The van der Waals surface area contributed by atoms with Crippen LogP contribution in [0.15, 0.2) is 59.4 Å². The summed E-state index contributed by atoms with van der Waals surface area (Å²) < 4.78 is 5.32. The standard InChI is InChI=1S/C20H20N4O2/c25-20(16-5-2-1-3-6-16)24-12-10-15(14-24)8-9-18-22-19(26-23-18)17-7-4-11-21-13-17/h1-7,11,13,15H,8-10,12,14H2. The first-order chi connectivity index (χ1) is 12.8. The van der Waals surface area contributed by atoms with Gasteiger partial charge in [-0.1, -0.05) is 23.4 Å². The van der Waals surface area contributed by atoms with Crippen LogP contribution in [-0.4, -0.2) is 39.0 Å². The molecular formula is C20H20N4O2. The van der Waals surface area contributed by atoms with E-state index in [4.69, 9.17) is 4.52 Å². The van der Waals surface area contributed by atoms with Crippen molar-refractivity contribution in [3.05, 3.63) is 66.2 Å². The summed E-state index contributed by atoms with van der Waals surface area (Å²) in [5.74, 6) is 1.80. The molecule has 26 heavy (non-hydrogen) atoms. The highest BCUT2D eigenvalue weighted by atomic mass is 16.5. The van der Waals surface area contributed by atoms with Crippen molar-refractivity contribution >= 4 is 5.91 Å². The van der Waals surface area contributed by atoms with Gasteiger partial charge in [0.05, 0.1) is 5.56 Å². The first kappa shape index (κ1) is 16.4. The van der Waals surface area contributed by atoms with Crippen LogP contribution in [0.1, 0.15) is 29.0 Å². The molecule has 3 aromatic rings. The number of carbonyl (C=O) groups excluding carboxylic acids is 1. The molecule has 1 aromatic carbocycles. The molecule has 1 unspecified atom stereocenters. The van der Waals surface area contributed by atoms with Gasteiger partial charge in [-0.3, -0.25) is 9.78 Å². The molecule has 1 aliphatic rings. The van der Waals surface area contributed by atoms with Crippen LogP contribution in [0.5, 0.6) is 0 Å². The number of carbonyl (C=O) groups is 1. The maximum atomic E-state index is 12.5. The smallest absolute Gasteiger partial charge is 0.259 e. The molecule has 0 radical (unpaired) electrons. The minimum atomic E-state index is 0.117.